The molecule has 0 aromatic carbocycles. The van der Waals surface area contributed by atoms with E-state index in [-0.39, 0.29) is 5.60 Å². The van der Waals surface area contributed by atoms with E-state index in [1.807, 2.05) is 0 Å². The Morgan fingerprint density at radius 2 is 1.73 bits per heavy atom. The van der Waals surface area contributed by atoms with Gasteiger partial charge in [0.15, 0.2) is 0 Å². The van der Waals surface area contributed by atoms with Crippen molar-refractivity contribution in [2.24, 2.45) is 11.8 Å². The lowest BCUT2D eigenvalue weighted by molar-refractivity contribution is -0.0176. The van der Waals surface area contributed by atoms with Crippen LogP contribution in [0.3, 0.4) is 0 Å². The largest absolute Gasteiger partial charge is 0.390 e. The number of rotatable bonds is 2. The van der Waals surface area contributed by atoms with Gasteiger partial charge in [-0.25, -0.2) is 0 Å². The molecule has 1 heterocycles. The second-order valence-electron chi connectivity index (χ2n) is 5.80. The van der Waals surface area contributed by atoms with Gasteiger partial charge in [0, 0.05) is 0 Å². The van der Waals surface area contributed by atoms with E-state index in [1.165, 1.54) is 25.7 Å². The highest BCUT2D eigenvalue weighted by Crippen LogP contribution is 2.36. The first-order valence-electron chi connectivity index (χ1n) is 6.61. The molecule has 0 unspecified atom stereocenters. The van der Waals surface area contributed by atoms with E-state index in [0.29, 0.717) is 0 Å². The van der Waals surface area contributed by atoms with Gasteiger partial charge in [0.1, 0.15) is 0 Å². The van der Waals surface area contributed by atoms with Crippen LogP contribution in [0.5, 0.6) is 0 Å². The average Bonchev–Trinajstić information content (AvgIpc) is 2.22. The summed E-state index contributed by atoms with van der Waals surface area (Å²) >= 11 is 0. The fraction of sp³-hybridized carbons (Fsp3) is 1.00. The number of hydrogen-bond acceptors (Lipinski definition) is 2. The molecule has 15 heavy (non-hydrogen) atoms. The molecule has 88 valence electrons. The minimum atomic E-state index is -0.337. The van der Waals surface area contributed by atoms with Crippen LogP contribution >= 0.6 is 0 Å². The summed E-state index contributed by atoms with van der Waals surface area (Å²) in [6.07, 6.45) is 8.41. The van der Waals surface area contributed by atoms with Crippen molar-refractivity contribution in [1.82, 2.24) is 5.32 Å². The Bertz CT molecular complexity index is 191. The van der Waals surface area contributed by atoms with E-state index in [9.17, 15) is 5.11 Å². The Labute approximate surface area is 93.5 Å². The monoisotopic (exact) mass is 211 g/mol. The highest BCUT2D eigenvalue weighted by Gasteiger charge is 2.33. The Morgan fingerprint density at radius 3 is 2.33 bits per heavy atom. The maximum absolute atomic E-state index is 10.4. The fourth-order valence-corrected chi connectivity index (χ4v) is 3.17. The molecule has 2 heteroatoms. The third-order valence-corrected chi connectivity index (χ3v) is 4.34. The van der Waals surface area contributed by atoms with Gasteiger partial charge < -0.3 is 10.4 Å². The van der Waals surface area contributed by atoms with Gasteiger partial charge in [-0.15, -0.1) is 0 Å². The molecule has 2 N–H and O–H groups in total. The molecule has 0 aromatic rings. The molecule has 0 amide bonds. The lowest BCUT2D eigenvalue weighted by Gasteiger charge is -2.37. The number of nitrogens with one attached hydrogen (secondary N) is 1. The number of aliphatic hydroxyl groups is 1. The van der Waals surface area contributed by atoms with Gasteiger partial charge in [-0.3, -0.25) is 0 Å². The molecule has 1 aliphatic heterocycles. The lowest BCUT2D eigenvalue weighted by Crippen LogP contribution is -2.43. The number of hydrogen-bond donors (Lipinski definition) is 2. The topological polar surface area (TPSA) is 32.3 Å². The standard InChI is InChI=1S/C13H25NO/c1-11-2-4-12(5-3-11)10-13(15)6-8-14-9-7-13/h11-12,14-15H,2-10H2,1H3. The van der Waals surface area contributed by atoms with Crippen LogP contribution in [-0.4, -0.2) is 23.8 Å². The molecule has 0 spiro atoms. The van der Waals surface area contributed by atoms with Crippen molar-refractivity contribution >= 4 is 0 Å². The molecule has 0 aromatic heterocycles. The molecule has 1 saturated heterocycles. The third kappa shape index (κ3) is 3.18. The van der Waals surface area contributed by atoms with Crippen molar-refractivity contribution in [2.45, 2.75) is 57.5 Å². The van der Waals surface area contributed by atoms with Gasteiger partial charge >= 0.3 is 0 Å². The van der Waals surface area contributed by atoms with Crippen LogP contribution < -0.4 is 5.32 Å². The summed E-state index contributed by atoms with van der Waals surface area (Å²) < 4.78 is 0. The minimum absolute atomic E-state index is 0.337. The molecule has 2 fully saturated rings. The van der Waals surface area contributed by atoms with Gasteiger partial charge in [-0.2, -0.15) is 0 Å². The number of piperidine rings is 1. The Hall–Kier alpha value is -0.0800. The van der Waals surface area contributed by atoms with Crippen molar-refractivity contribution in [3.8, 4) is 0 Å². The van der Waals surface area contributed by atoms with Gasteiger partial charge in [0.25, 0.3) is 0 Å². The van der Waals surface area contributed by atoms with Crippen LogP contribution in [0.15, 0.2) is 0 Å². The molecule has 2 aliphatic rings. The molecule has 2 nitrogen and oxygen atoms in total. The fourth-order valence-electron chi connectivity index (χ4n) is 3.17. The summed E-state index contributed by atoms with van der Waals surface area (Å²) in [5.74, 6) is 1.72. The molecule has 0 radical (unpaired) electrons. The van der Waals surface area contributed by atoms with Crippen LogP contribution in [0.1, 0.15) is 51.9 Å². The second-order valence-corrected chi connectivity index (χ2v) is 5.80. The van der Waals surface area contributed by atoms with Crippen molar-refractivity contribution in [3.63, 3.8) is 0 Å². The Kier molecular flexibility index (Phi) is 3.68. The summed E-state index contributed by atoms with van der Waals surface area (Å²) in [5, 5.41) is 13.8. The molecular formula is C13H25NO. The first-order chi connectivity index (χ1) is 7.18. The maximum atomic E-state index is 10.4. The minimum Gasteiger partial charge on any atom is -0.390 e. The molecule has 1 aliphatic carbocycles. The van der Waals surface area contributed by atoms with Gasteiger partial charge in [-0.1, -0.05) is 32.6 Å². The smallest absolute Gasteiger partial charge is 0.0674 e. The molecule has 0 bridgehead atoms. The van der Waals surface area contributed by atoms with Crippen LogP contribution in [0, 0.1) is 11.8 Å². The van der Waals surface area contributed by atoms with E-state index in [1.54, 1.807) is 0 Å². The first kappa shape index (κ1) is 11.4. The lowest BCUT2D eigenvalue weighted by atomic mass is 9.75. The maximum Gasteiger partial charge on any atom is 0.0674 e. The zero-order chi connectivity index (χ0) is 10.7. The summed E-state index contributed by atoms with van der Waals surface area (Å²) in [5.41, 5.74) is -0.337. The Morgan fingerprint density at radius 1 is 1.13 bits per heavy atom. The summed E-state index contributed by atoms with van der Waals surface area (Å²) in [6, 6.07) is 0. The highest BCUT2D eigenvalue weighted by atomic mass is 16.3. The molecule has 1 saturated carbocycles. The summed E-state index contributed by atoms with van der Waals surface area (Å²) in [7, 11) is 0. The quantitative estimate of drug-likeness (QED) is 0.734. The van der Waals surface area contributed by atoms with E-state index >= 15 is 0 Å². The van der Waals surface area contributed by atoms with E-state index in [0.717, 1.165) is 44.2 Å². The predicted molar refractivity (Wildman–Crippen MR) is 62.8 cm³/mol. The van der Waals surface area contributed by atoms with Crippen molar-refractivity contribution in [2.75, 3.05) is 13.1 Å². The average molecular weight is 211 g/mol. The first-order valence-corrected chi connectivity index (χ1v) is 6.61. The van der Waals surface area contributed by atoms with Gasteiger partial charge in [-0.05, 0) is 44.2 Å². The second kappa shape index (κ2) is 4.84. The molecule has 0 atom stereocenters. The van der Waals surface area contributed by atoms with Crippen molar-refractivity contribution < 1.29 is 5.11 Å². The van der Waals surface area contributed by atoms with Crippen LogP contribution in [0.25, 0.3) is 0 Å². The van der Waals surface area contributed by atoms with Crippen LogP contribution in [0.4, 0.5) is 0 Å². The zero-order valence-electron chi connectivity index (χ0n) is 9.97. The third-order valence-electron chi connectivity index (χ3n) is 4.34. The molecular weight excluding hydrogens is 186 g/mol. The molecule has 2 rings (SSSR count). The van der Waals surface area contributed by atoms with Gasteiger partial charge in [0.05, 0.1) is 5.60 Å². The van der Waals surface area contributed by atoms with Crippen molar-refractivity contribution in [3.05, 3.63) is 0 Å². The van der Waals surface area contributed by atoms with Crippen LogP contribution in [-0.2, 0) is 0 Å². The van der Waals surface area contributed by atoms with Gasteiger partial charge in [0.2, 0.25) is 0 Å². The zero-order valence-corrected chi connectivity index (χ0v) is 9.97. The normalized spacial score (nSPS) is 36.4. The predicted octanol–water partition coefficient (Wildman–Crippen LogP) is 2.32. The Balaban J connectivity index is 1.80. The highest BCUT2D eigenvalue weighted by molar-refractivity contribution is 4.87. The van der Waals surface area contributed by atoms with E-state index < -0.39 is 0 Å². The van der Waals surface area contributed by atoms with Crippen molar-refractivity contribution in [1.29, 1.82) is 0 Å². The summed E-state index contributed by atoms with van der Waals surface area (Å²) in [4.78, 5) is 0. The van der Waals surface area contributed by atoms with E-state index in [2.05, 4.69) is 12.2 Å². The SMILES string of the molecule is CC1CCC(CC2(O)CCNCC2)CC1. The van der Waals surface area contributed by atoms with Crippen LogP contribution in [0.2, 0.25) is 0 Å². The summed E-state index contributed by atoms with van der Waals surface area (Å²) in [6.45, 7) is 4.36. The van der Waals surface area contributed by atoms with E-state index in [4.69, 9.17) is 0 Å².